The van der Waals surface area contributed by atoms with Crippen LogP contribution >= 0.6 is 27.5 Å². The van der Waals surface area contributed by atoms with Crippen molar-refractivity contribution in [3.8, 4) is 0 Å². The van der Waals surface area contributed by atoms with E-state index in [0.29, 0.717) is 11.3 Å². The van der Waals surface area contributed by atoms with E-state index in [1.807, 2.05) is 0 Å². The summed E-state index contributed by atoms with van der Waals surface area (Å²) in [6.07, 6.45) is 1.52. The van der Waals surface area contributed by atoms with Gasteiger partial charge in [0, 0.05) is 29.3 Å². The van der Waals surface area contributed by atoms with Crippen LogP contribution < -0.4 is 5.32 Å². The number of hydrogen-bond donors (Lipinski definition) is 2. The molecule has 2 aromatic rings. The van der Waals surface area contributed by atoms with Gasteiger partial charge < -0.3 is 10.4 Å². The lowest BCUT2D eigenvalue weighted by Gasteiger charge is -2.21. The summed E-state index contributed by atoms with van der Waals surface area (Å²) >= 11 is 9.19. The third kappa shape index (κ3) is 5.52. The van der Waals surface area contributed by atoms with Crippen molar-refractivity contribution in [3.63, 3.8) is 0 Å². The molecule has 0 fully saturated rings. The quantitative estimate of drug-likeness (QED) is 0.681. The van der Waals surface area contributed by atoms with Crippen LogP contribution in [0.25, 0.3) is 0 Å². The number of carbonyl (C=O) groups is 1. The van der Waals surface area contributed by atoms with Crippen molar-refractivity contribution < 1.29 is 14.3 Å². The van der Waals surface area contributed by atoms with Crippen molar-refractivity contribution >= 4 is 39.1 Å². The van der Waals surface area contributed by atoms with E-state index in [0.717, 1.165) is 4.47 Å². The molecule has 1 amide bonds. The Hall–Kier alpha value is -1.54. The minimum absolute atomic E-state index is 0.0161. The maximum atomic E-state index is 13.9. The molecule has 24 heavy (non-hydrogen) atoms. The first-order valence-electron chi connectivity index (χ1n) is 7.17. The van der Waals surface area contributed by atoms with Gasteiger partial charge in [-0.05, 0) is 30.3 Å². The standard InChI is InChI=1S/C16H16BrClFN3O2/c17-12-3-4-13(19)11(8-12)9-22(6-7-23)10-15(24)21-14-2-1-5-20-16(14)18/h1-5,8,23H,6-7,9-10H2,(H,21,24). The second-order valence-corrected chi connectivity index (χ2v) is 6.33. The number of rotatable bonds is 7. The van der Waals surface area contributed by atoms with E-state index in [-0.39, 0.29) is 43.1 Å². The van der Waals surface area contributed by atoms with E-state index in [1.54, 1.807) is 29.2 Å². The molecule has 0 aliphatic heterocycles. The van der Waals surface area contributed by atoms with Gasteiger partial charge in [0.25, 0.3) is 0 Å². The Balaban J connectivity index is 2.03. The number of nitrogens with zero attached hydrogens (tertiary/aromatic N) is 2. The summed E-state index contributed by atoms with van der Waals surface area (Å²) in [4.78, 5) is 17.7. The SMILES string of the molecule is O=C(CN(CCO)Cc1cc(Br)ccc1F)Nc1cccnc1Cl. The Morgan fingerprint density at radius 2 is 2.21 bits per heavy atom. The molecule has 0 bridgehead atoms. The molecule has 0 saturated heterocycles. The van der Waals surface area contributed by atoms with Gasteiger partial charge in [0.05, 0.1) is 18.8 Å². The average molecular weight is 417 g/mol. The lowest BCUT2D eigenvalue weighted by atomic mass is 10.2. The Morgan fingerprint density at radius 3 is 2.92 bits per heavy atom. The Bertz CT molecular complexity index is 717. The van der Waals surface area contributed by atoms with Gasteiger partial charge in [-0.3, -0.25) is 9.69 Å². The second kappa shape index (κ2) is 9.08. The molecule has 0 aliphatic carbocycles. The number of carbonyl (C=O) groups excluding carboxylic acids is 1. The van der Waals surface area contributed by atoms with Gasteiger partial charge >= 0.3 is 0 Å². The zero-order chi connectivity index (χ0) is 17.5. The Labute approximate surface area is 152 Å². The number of amides is 1. The molecule has 0 aliphatic rings. The lowest BCUT2D eigenvalue weighted by Crippen LogP contribution is -2.35. The number of anilines is 1. The van der Waals surface area contributed by atoms with Crippen LogP contribution in [0.4, 0.5) is 10.1 Å². The molecule has 0 radical (unpaired) electrons. The normalized spacial score (nSPS) is 10.9. The Kier molecular flexibility index (Phi) is 7.11. The molecule has 8 heteroatoms. The number of aliphatic hydroxyl groups excluding tert-OH is 1. The van der Waals surface area contributed by atoms with Crippen LogP contribution in [0.5, 0.6) is 0 Å². The molecule has 2 N–H and O–H groups in total. The van der Waals surface area contributed by atoms with Crippen molar-refractivity contribution in [3.05, 3.63) is 57.5 Å². The third-order valence-electron chi connectivity index (χ3n) is 3.22. The number of pyridine rings is 1. The Morgan fingerprint density at radius 1 is 1.42 bits per heavy atom. The number of benzene rings is 1. The molecule has 1 heterocycles. The molecule has 1 aromatic heterocycles. The van der Waals surface area contributed by atoms with Gasteiger partial charge in [-0.25, -0.2) is 9.37 Å². The summed E-state index contributed by atoms with van der Waals surface area (Å²) in [5.74, 6) is -0.689. The molecular formula is C16H16BrClFN3O2. The first-order valence-corrected chi connectivity index (χ1v) is 8.34. The maximum absolute atomic E-state index is 13.9. The molecule has 5 nitrogen and oxygen atoms in total. The number of aromatic nitrogens is 1. The molecule has 128 valence electrons. The first-order chi connectivity index (χ1) is 11.5. The van der Waals surface area contributed by atoms with E-state index in [4.69, 9.17) is 11.6 Å². The average Bonchev–Trinajstić information content (AvgIpc) is 2.53. The highest BCUT2D eigenvalue weighted by Crippen LogP contribution is 2.19. The predicted octanol–water partition coefficient (Wildman–Crippen LogP) is 3.07. The van der Waals surface area contributed by atoms with E-state index in [2.05, 4.69) is 26.2 Å². The van der Waals surface area contributed by atoms with Crippen molar-refractivity contribution in [2.75, 3.05) is 25.0 Å². The number of nitrogens with one attached hydrogen (secondary N) is 1. The topological polar surface area (TPSA) is 65.5 Å². The van der Waals surface area contributed by atoms with Gasteiger partial charge in [-0.1, -0.05) is 27.5 Å². The predicted molar refractivity (Wildman–Crippen MR) is 94.3 cm³/mol. The van der Waals surface area contributed by atoms with Crippen LogP contribution in [-0.4, -0.2) is 40.6 Å². The van der Waals surface area contributed by atoms with Gasteiger partial charge in [-0.15, -0.1) is 0 Å². The zero-order valence-electron chi connectivity index (χ0n) is 12.7. The van der Waals surface area contributed by atoms with Gasteiger partial charge in [0.15, 0.2) is 5.15 Å². The summed E-state index contributed by atoms with van der Waals surface area (Å²) < 4.78 is 14.6. The second-order valence-electron chi connectivity index (χ2n) is 5.06. The van der Waals surface area contributed by atoms with E-state index >= 15 is 0 Å². The number of halogens is 3. The fourth-order valence-electron chi connectivity index (χ4n) is 2.13. The van der Waals surface area contributed by atoms with E-state index in [1.165, 1.54) is 12.3 Å². The molecule has 0 saturated carbocycles. The number of aliphatic hydroxyl groups is 1. The summed E-state index contributed by atoms with van der Waals surface area (Å²) in [5, 5.41) is 12.0. The van der Waals surface area contributed by atoms with E-state index < -0.39 is 0 Å². The molecule has 0 spiro atoms. The third-order valence-corrected chi connectivity index (χ3v) is 4.01. The summed E-state index contributed by atoms with van der Waals surface area (Å²) in [6, 6.07) is 7.90. The molecular weight excluding hydrogens is 401 g/mol. The molecule has 0 unspecified atom stereocenters. The first kappa shape index (κ1) is 18.8. The summed E-state index contributed by atoms with van der Waals surface area (Å²) in [5.41, 5.74) is 0.840. The van der Waals surface area contributed by atoms with Crippen LogP contribution in [-0.2, 0) is 11.3 Å². The van der Waals surface area contributed by atoms with Gasteiger partial charge in [0.2, 0.25) is 5.91 Å². The van der Waals surface area contributed by atoms with Gasteiger partial charge in [-0.2, -0.15) is 0 Å². The highest BCUT2D eigenvalue weighted by molar-refractivity contribution is 9.10. The van der Waals surface area contributed by atoms with Crippen molar-refractivity contribution in [1.82, 2.24) is 9.88 Å². The van der Waals surface area contributed by atoms with Gasteiger partial charge in [0.1, 0.15) is 5.82 Å². The minimum atomic E-state index is -0.364. The maximum Gasteiger partial charge on any atom is 0.238 e. The highest BCUT2D eigenvalue weighted by atomic mass is 79.9. The van der Waals surface area contributed by atoms with Crippen LogP contribution in [0, 0.1) is 5.82 Å². The summed E-state index contributed by atoms with van der Waals surface area (Å²) in [7, 11) is 0. The van der Waals surface area contributed by atoms with Crippen molar-refractivity contribution in [1.29, 1.82) is 0 Å². The monoisotopic (exact) mass is 415 g/mol. The minimum Gasteiger partial charge on any atom is -0.395 e. The fraction of sp³-hybridized carbons (Fsp3) is 0.250. The molecule has 1 aromatic carbocycles. The largest absolute Gasteiger partial charge is 0.395 e. The van der Waals surface area contributed by atoms with E-state index in [9.17, 15) is 14.3 Å². The smallest absolute Gasteiger partial charge is 0.238 e. The fourth-order valence-corrected chi connectivity index (χ4v) is 2.71. The highest BCUT2D eigenvalue weighted by Gasteiger charge is 2.14. The molecule has 0 atom stereocenters. The van der Waals surface area contributed by atoms with Crippen LogP contribution in [0.3, 0.4) is 0 Å². The van der Waals surface area contributed by atoms with Crippen LogP contribution in [0.1, 0.15) is 5.56 Å². The van der Waals surface area contributed by atoms with Crippen molar-refractivity contribution in [2.45, 2.75) is 6.54 Å². The van der Waals surface area contributed by atoms with Crippen LogP contribution in [0.15, 0.2) is 41.0 Å². The molecule has 2 rings (SSSR count). The lowest BCUT2D eigenvalue weighted by molar-refractivity contribution is -0.117. The summed E-state index contributed by atoms with van der Waals surface area (Å²) in [6.45, 7) is 0.272. The zero-order valence-corrected chi connectivity index (χ0v) is 15.0. The van der Waals surface area contributed by atoms with Crippen molar-refractivity contribution in [2.24, 2.45) is 0 Å². The van der Waals surface area contributed by atoms with Crippen LogP contribution in [0.2, 0.25) is 5.15 Å². The number of hydrogen-bond acceptors (Lipinski definition) is 4.